The van der Waals surface area contributed by atoms with Crippen molar-refractivity contribution in [1.29, 1.82) is 0 Å². The highest BCUT2D eigenvalue weighted by atomic mass is 32.1. The second kappa shape index (κ2) is 6.54. The Hall–Kier alpha value is -0.450. The molecule has 3 nitrogen and oxygen atoms in total. The van der Waals surface area contributed by atoms with Crippen molar-refractivity contribution in [3.63, 3.8) is 0 Å². The van der Waals surface area contributed by atoms with Crippen LogP contribution in [0.3, 0.4) is 0 Å². The molecule has 114 valence electrons. The normalized spacial score (nSPS) is 16.1. The minimum absolute atomic E-state index is 0.190. The number of ether oxygens (including phenoxy) is 1. The third kappa shape index (κ3) is 3.23. The van der Waals surface area contributed by atoms with Gasteiger partial charge in [-0.15, -0.1) is 11.3 Å². The summed E-state index contributed by atoms with van der Waals surface area (Å²) >= 11 is 1.85. The van der Waals surface area contributed by atoms with Gasteiger partial charge in [0.15, 0.2) is 0 Å². The van der Waals surface area contributed by atoms with Gasteiger partial charge in [0.1, 0.15) is 10.6 Å². The van der Waals surface area contributed by atoms with Crippen molar-refractivity contribution in [2.75, 3.05) is 7.11 Å². The lowest BCUT2D eigenvalue weighted by Crippen LogP contribution is -2.26. The summed E-state index contributed by atoms with van der Waals surface area (Å²) in [6.07, 6.45) is 4.56. The monoisotopic (exact) mass is 296 g/mol. The zero-order valence-electron chi connectivity index (χ0n) is 13.5. The molecule has 0 atom stereocenters. The lowest BCUT2D eigenvalue weighted by atomic mass is 9.98. The molecule has 1 aromatic rings. The van der Waals surface area contributed by atoms with Crippen LogP contribution >= 0.6 is 11.3 Å². The van der Waals surface area contributed by atoms with Crippen molar-refractivity contribution in [2.24, 2.45) is 0 Å². The number of hydrogen-bond donors (Lipinski definition) is 1. The van der Waals surface area contributed by atoms with Crippen molar-refractivity contribution in [2.45, 2.75) is 77.5 Å². The summed E-state index contributed by atoms with van der Waals surface area (Å²) in [6.45, 7) is 9.70. The highest BCUT2D eigenvalue weighted by molar-refractivity contribution is 7.11. The summed E-state index contributed by atoms with van der Waals surface area (Å²) in [7, 11) is 1.82. The topological polar surface area (TPSA) is 34.1 Å². The summed E-state index contributed by atoms with van der Waals surface area (Å²) in [5.74, 6) is 0.701. The van der Waals surface area contributed by atoms with Crippen molar-refractivity contribution >= 4 is 11.3 Å². The summed E-state index contributed by atoms with van der Waals surface area (Å²) < 4.78 is 5.84. The van der Waals surface area contributed by atoms with Crippen molar-refractivity contribution < 1.29 is 4.74 Å². The number of methoxy groups -OCH3 is 1. The number of thiazole rings is 1. The van der Waals surface area contributed by atoms with Crippen LogP contribution in [0.25, 0.3) is 0 Å². The molecule has 20 heavy (non-hydrogen) atoms. The minimum Gasteiger partial charge on any atom is -0.371 e. The summed E-state index contributed by atoms with van der Waals surface area (Å²) in [4.78, 5) is 6.40. The molecule has 1 aliphatic rings. The molecule has 0 aromatic carbocycles. The van der Waals surface area contributed by atoms with E-state index in [0.29, 0.717) is 12.0 Å². The van der Waals surface area contributed by atoms with E-state index in [0.717, 1.165) is 19.4 Å². The summed E-state index contributed by atoms with van der Waals surface area (Å²) in [5, 5.41) is 4.71. The fourth-order valence-corrected chi connectivity index (χ4v) is 3.99. The lowest BCUT2D eigenvalue weighted by Gasteiger charge is -2.27. The molecule has 2 rings (SSSR count). The molecular weight excluding hydrogens is 268 g/mol. The third-order valence-corrected chi connectivity index (χ3v) is 5.54. The van der Waals surface area contributed by atoms with Gasteiger partial charge < -0.3 is 10.1 Å². The summed E-state index contributed by atoms with van der Waals surface area (Å²) in [5.41, 5.74) is 1.14. The first-order valence-electron chi connectivity index (χ1n) is 7.84. The van der Waals surface area contributed by atoms with E-state index in [1.807, 2.05) is 18.4 Å². The van der Waals surface area contributed by atoms with Crippen LogP contribution in [0, 0.1) is 0 Å². The largest absolute Gasteiger partial charge is 0.371 e. The Bertz CT molecular complexity index is 425. The second-order valence-electron chi connectivity index (χ2n) is 6.04. The molecule has 0 aliphatic heterocycles. The Kier molecular flexibility index (Phi) is 5.21. The zero-order valence-corrected chi connectivity index (χ0v) is 14.3. The molecule has 0 unspecified atom stereocenters. The first kappa shape index (κ1) is 15.9. The highest BCUT2D eigenvalue weighted by Gasteiger charge is 2.36. The Balaban J connectivity index is 2.28. The fourth-order valence-electron chi connectivity index (χ4n) is 2.59. The molecule has 0 radical (unpaired) electrons. The van der Waals surface area contributed by atoms with E-state index >= 15 is 0 Å². The van der Waals surface area contributed by atoms with Gasteiger partial charge in [-0.1, -0.05) is 27.7 Å². The maximum Gasteiger partial charge on any atom is 0.125 e. The molecule has 1 aliphatic carbocycles. The van der Waals surface area contributed by atoms with Gasteiger partial charge in [0.25, 0.3) is 0 Å². The number of aromatic nitrogens is 1. The predicted octanol–water partition coefficient (Wildman–Crippen LogP) is 4.18. The number of hydrogen-bond acceptors (Lipinski definition) is 4. The van der Waals surface area contributed by atoms with Gasteiger partial charge in [0, 0.05) is 30.5 Å². The minimum atomic E-state index is -0.190. The number of rotatable bonds is 8. The van der Waals surface area contributed by atoms with E-state index in [9.17, 15) is 0 Å². The average molecular weight is 296 g/mol. The van der Waals surface area contributed by atoms with E-state index < -0.39 is 0 Å². The third-order valence-electron chi connectivity index (χ3n) is 4.29. The molecule has 1 saturated carbocycles. The average Bonchev–Trinajstić information content (AvgIpc) is 3.20. The number of nitrogens with zero attached hydrogens (tertiary/aromatic N) is 1. The van der Waals surface area contributed by atoms with E-state index in [4.69, 9.17) is 9.72 Å². The first-order valence-corrected chi connectivity index (χ1v) is 8.66. The molecule has 1 heterocycles. The highest BCUT2D eigenvalue weighted by Crippen LogP contribution is 2.45. The smallest absolute Gasteiger partial charge is 0.125 e. The Morgan fingerprint density at radius 1 is 1.35 bits per heavy atom. The molecule has 1 N–H and O–H groups in total. The maximum absolute atomic E-state index is 5.84. The van der Waals surface area contributed by atoms with Crippen LogP contribution in [0.4, 0.5) is 0 Å². The van der Waals surface area contributed by atoms with Crippen molar-refractivity contribution in [3.05, 3.63) is 15.6 Å². The Morgan fingerprint density at radius 2 is 2.00 bits per heavy atom. The van der Waals surface area contributed by atoms with E-state index in [1.165, 1.54) is 28.4 Å². The van der Waals surface area contributed by atoms with E-state index in [1.54, 1.807) is 0 Å². The van der Waals surface area contributed by atoms with Crippen LogP contribution < -0.4 is 5.32 Å². The van der Waals surface area contributed by atoms with Crippen LogP contribution in [0.5, 0.6) is 0 Å². The van der Waals surface area contributed by atoms with Gasteiger partial charge >= 0.3 is 0 Å². The van der Waals surface area contributed by atoms with Crippen LogP contribution in [0.1, 0.15) is 74.9 Å². The Morgan fingerprint density at radius 3 is 2.45 bits per heavy atom. The quantitative estimate of drug-likeness (QED) is 0.781. The molecule has 1 fully saturated rings. The SMILES string of the molecule is CCC(CC)(OC)c1nc(C2CC2)c(CNC(C)C)s1. The zero-order chi connectivity index (χ0) is 14.8. The first-order chi connectivity index (χ1) is 9.56. The standard InChI is InChI=1S/C16H28N2OS/c1-6-16(7-2,19-5)15-18-14(12-8-9-12)13(20-15)10-17-11(3)4/h11-12,17H,6-10H2,1-5H3. The van der Waals surface area contributed by atoms with Crippen LogP contribution in [-0.2, 0) is 16.9 Å². The molecular formula is C16H28N2OS. The van der Waals surface area contributed by atoms with E-state index in [2.05, 4.69) is 33.0 Å². The van der Waals surface area contributed by atoms with Gasteiger partial charge in [0.2, 0.25) is 0 Å². The lowest BCUT2D eigenvalue weighted by molar-refractivity contribution is -0.0219. The second-order valence-corrected chi connectivity index (χ2v) is 7.13. The van der Waals surface area contributed by atoms with Crippen LogP contribution in [0.15, 0.2) is 0 Å². The molecule has 1 aromatic heterocycles. The fraction of sp³-hybridized carbons (Fsp3) is 0.812. The van der Waals surface area contributed by atoms with Crippen LogP contribution in [-0.4, -0.2) is 18.1 Å². The van der Waals surface area contributed by atoms with Crippen LogP contribution in [0.2, 0.25) is 0 Å². The number of nitrogens with one attached hydrogen (secondary N) is 1. The predicted molar refractivity (Wildman–Crippen MR) is 85.3 cm³/mol. The summed E-state index contributed by atoms with van der Waals surface area (Å²) in [6, 6.07) is 0.511. The van der Waals surface area contributed by atoms with Gasteiger partial charge in [0.05, 0.1) is 5.69 Å². The van der Waals surface area contributed by atoms with Crippen molar-refractivity contribution in [3.8, 4) is 0 Å². The molecule has 0 spiro atoms. The molecule has 0 bridgehead atoms. The van der Waals surface area contributed by atoms with Gasteiger partial charge in [-0.3, -0.25) is 0 Å². The van der Waals surface area contributed by atoms with Gasteiger partial charge in [-0.05, 0) is 25.7 Å². The molecule has 0 saturated heterocycles. The van der Waals surface area contributed by atoms with Gasteiger partial charge in [-0.25, -0.2) is 4.98 Å². The molecule has 0 amide bonds. The van der Waals surface area contributed by atoms with E-state index in [-0.39, 0.29) is 5.60 Å². The van der Waals surface area contributed by atoms with Crippen molar-refractivity contribution in [1.82, 2.24) is 10.3 Å². The molecule has 4 heteroatoms. The van der Waals surface area contributed by atoms with Gasteiger partial charge in [-0.2, -0.15) is 0 Å². The maximum atomic E-state index is 5.84. The Labute approximate surface area is 127 Å².